The van der Waals surface area contributed by atoms with Gasteiger partial charge in [-0.15, -0.1) is 22.7 Å². The Morgan fingerprint density at radius 3 is 1.48 bits per heavy atom. The van der Waals surface area contributed by atoms with Crippen molar-refractivity contribution in [3.63, 3.8) is 0 Å². The molecule has 17 atom stereocenters. The molecule has 12 rings (SSSR count). The molecule has 2 aromatic rings. The molecule has 6 fully saturated rings. The van der Waals surface area contributed by atoms with Crippen LogP contribution in [0, 0.1) is 92.7 Å². The molecule has 0 spiro atoms. The van der Waals surface area contributed by atoms with Crippen molar-refractivity contribution in [1.29, 1.82) is 0 Å². The lowest BCUT2D eigenvalue weighted by atomic mass is 9.47. The Hall–Kier alpha value is -3.38. The Labute approximate surface area is 501 Å². The fourth-order valence-corrected chi connectivity index (χ4v) is 21.4. The van der Waals surface area contributed by atoms with Gasteiger partial charge >= 0.3 is 12.3 Å². The second-order valence-corrected chi connectivity index (χ2v) is 31.5. The SMILES string of the molecule is CC(C)CCC[C@@H](C)[C@H]1CCC2C3CC=C4C[C@@H](OC(=O)OC5COc6cscc6OC5)CC[C@]4(C)C3CC[C@@]21C.CC(C)CCC[C@@H](C)[C@H]1CCC2C3CC=C4C[C@@H](OC(=O)OCC5COc6cscc6O5)CC[C@]4(C)C3CC[C@@]21C. The number of thiophene rings is 2. The predicted octanol–water partition coefficient (Wildman–Crippen LogP) is 18.9. The van der Waals surface area contributed by atoms with Crippen molar-refractivity contribution in [3.05, 3.63) is 44.8 Å². The highest BCUT2D eigenvalue weighted by atomic mass is 32.1. The summed E-state index contributed by atoms with van der Waals surface area (Å²) in [4.78, 5) is 25.3. The smallest absolute Gasteiger partial charge is 0.485 e. The first-order valence-electron chi connectivity index (χ1n) is 33.1. The molecule has 4 heterocycles. The van der Waals surface area contributed by atoms with Gasteiger partial charge in [-0.2, -0.15) is 0 Å². The lowest BCUT2D eigenvalue weighted by Gasteiger charge is -2.58. The van der Waals surface area contributed by atoms with Gasteiger partial charge in [0.2, 0.25) is 0 Å². The van der Waals surface area contributed by atoms with Gasteiger partial charge in [0, 0.05) is 34.4 Å². The molecule has 10 nitrogen and oxygen atoms in total. The third-order valence-electron chi connectivity index (χ3n) is 24.4. The Balaban J connectivity index is 0.000000172. The molecule has 2 aliphatic heterocycles. The normalized spacial score (nSPS) is 37.8. The van der Waals surface area contributed by atoms with E-state index in [9.17, 15) is 9.59 Å². The van der Waals surface area contributed by atoms with E-state index in [1.807, 2.05) is 21.5 Å². The first-order valence-corrected chi connectivity index (χ1v) is 35.0. The van der Waals surface area contributed by atoms with Gasteiger partial charge in [-0.3, -0.25) is 0 Å². The molecule has 0 amide bonds. The summed E-state index contributed by atoms with van der Waals surface area (Å²) in [6.45, 7) is 26.1. The molecule has 6 saturated carbocycles. The highest BCUT2D eigenvalue weighted by Crippen LogP contribution is 2.69. The van der Waals surface area contributed by atoms with Gasteiger partial charge in [0.1, 0.15) is 38.6 Å². The number of carbonyl (C=O) groups excluding carboxylic acids is 2. The van der Waals surface area contributed by atoms with E-state index in [2.05, 4.69) is 81.4 Å². The van der Waals surface area contributed by atoms with Crippen LogP contribution < -0.4 is 18.9 Å². The van der Waals surface area contributed by atoms with Crippen molar-refractivity contribution in [1.82, 2.24) is 0 Å². The Bertz CT molecular complexity index is 2530. The van der Waals surface area contributed by atoms with Gasteiger partial charge in [-0.25, -0.2) is 9.59 Å². The van der Waals surface area contributed by atoms with E-state index in [-0.39, 0.29) is 49.0 Å². The Kier molecular flexibility index (Phi) is 18.5. The van der Waals surface area contributed by atoms with E-state index in [4.69, 9.17) is 37.9 Å². The zero-order chi connectivity index (χ0) is 57.6. The first-order chi connectivity index (χ1) is 39.3. The molecule has 82 heavy (non-hydrogen) atoms. The van der Waals surface area contributed by atoms with Crippen LogP contribution in [0.15, 0.2) is 44.8 Å². The fraction of sp³-hybridized carbons (Fsp3) is 0.800. The molecule has 0 aromatic carbocycles. The van der Waals surface area contributed by atoms with Crippen LogP contribution in [0.4, 0.5) is 9.59 Å². The zero-order valence-corrected chi connectivity index (χ0v) is 53.6. The van der Waals surface area contributed by atoms with Crippen LogP contribution >= 0.6 is 22.7 Å². The average Bonchev–Trinajstić information content (AvgIpc) is 4.00. The minimum absolute atomic E-state index is 0.0956. The van der Waals surface area contributed by atoms with Crippen LogP contribution in [0.2, 0.25) is 0 Å². The lowest BCUT2D eigenvalue weighted by Crippen LogP contribution is -2.51. The van der Waals surface area contributed by atoms with Gasteiger partial charge in [-0.05, 0) is 183 Å². The van der Waals surface area contributed by atoms with Gasteiger partial charge in [0.25, 0.3) is 0 Å². The van der Waals surface area contributed by atoms with Crippen LogP contribution in [-0.2, 0) is 18.9 Å². The van der Waals surface area contributed by atoms with Crippen LogP contribution in [0.3, 0.4) is 0 Å². The summed E-state index contributed by atoms with van der Waals surface area (Å²) >= 11 is 3.08. The third-order valence-corrected chi connectivity index (χ3v) is 25.8. The van der Waals surface area contributed by atoms with Crippen molar-refractivity contribution < 1.29 is 47.5 Å². The number of hydrogen-bond acceptors (Lipinski definition) is 12. The molecule has 0 radical (unpaired) electrons. The Morgan fingerprint density at radius 2 is 0.976 bits per heavy atom. The topological polar surface area (TPSA) is 108 Å². The van der Waals surface area contributed by atoms with Crippen molar-refractivity contribution >= 4 is 35.0 Å². The molecule has 12 heteroatoms. The molecule has 0 bridgehead atoms. The molecular formula is C70H104O10S2. The molecule has 2 aromatic heterocycles. The molecular weight excluding hydrogens is 1060 g/mol. The summed E-state index contributed by atoms with van der Waals surface area (Å²) in [5.41, 5.74) is 4.60. The number of hydrogen-bond donors (Lipinski definition) is 0. The quantitative estimate of drug-likeness (QED) is 0.126. The van der Waals surface area contributed by atoms with E-state index < -0.39 is 18.4 Å². The number of rotatable bonds is 15. The van der Waals surface area contributed by atoms with Gasteiger partial charge < -0.3 is 37.9 Å². The van der Waals surface area contributed by atoms with E-state index in [0.29, 0.717) is 17.4 Å². The highest BCUT2D eigenvalue weighted by Gasteiger charge is 2.61. The van der Waals surface area contributed by atoms with Crippen molar-refractivity contribution in [2.45, 2.75) is 235 Å². The molecule has 0 N–H and O–H groups in total. The standard InChI is InChI=1S/2C35H52O5S/c1-22(2)7-6-8-23(3)28-11-12-29-27-10-9-24-17-25(13-15-34(24,4)30(27)14-16-35(28,29)5)40-33(36)38-19-26-18-37-31-20-41-21-32(31)39-26;1-22(2)7-6-8-23(3)28-11-12-29-27-10-9-24-17-25(13-15-34(24,4)30(27)14-16-35(28,29)5)39-33(36)40-26-18-37-31-20-41-21-32(31)38-19-26/h2*9,20-23,25-30H,6-8,10-19H2,1-5H3/t23-,25+,26?,27?,28-,29?,30?,34+,35-;23-,25+,27?,28-,29?,30?,34+,35-/m11/s1. The Morgan fingerprint density at radius 1 is 0.524 bits per heavy atom. The number of fused-ring (bicyclic) bond motifs is 12. The van der Waals surface area contributed by atoms with Crippen LogP contribution in [0.25, 0.3) is 0 Å². The summed E-state index contributed by atoms with van der Waals surface area (Å²) in [7, 11) is 0. The van der Waals surface area contributed by atoms with E-state index in [0.717, 1.165) is 133 Å². The number of ether oxygens (including phenoxy) is 8. The summed E-state index contributed by atoms with van der Waals surface area (Å²) in [6, 6.07) is 0. The minimum atomic E-state index is -0.595. The van der Waals surface area contributed by atoms with Crippen molar-refractivity contribution in [2.75, 3.05) is 26.4 Å². The molecule has 10 aliphatic rings. The maximum atomic E-state index is 12.7. The monoisotopic (exact) mass is 1170 g/mol. The molecule has 7 unspecified atom stereocenters. The second-order valence-electron chi connectivity index (χ2n) is 30.0. The predicted molar refractivity (Wildman–Crippen MR) is 327 cm³/mol. The molecule has 456 valence electrons. The van der Waals surface area contributed by atoms with E-state index >= 15 is 0 Å². The minimum Gasteiger partial charge on any atom is -0.485 e. The summed E-state index contributed by atoms with van der Waals surface area (Å²) in [5.74, 6) is 13.0. The summed E-state index contributed by atoms with van der Waals surface area (Å²) in [6.07, 6.45) is 30.7. The van der Waals surface area contributed by atoms with E-state index in [1.54, 1.807) is 11.3 Å². The summed E-state index contributed by atoms with van der Waals surface area (Å²) in [5, 5.41) is 7.65. The van der Waals surface area contributed by atoms with Crippen molar-refractivity contribution in [3.8, 4) is 23.0 Å². The largest absolute Gasteiger partial charge is 0.509 e. The third kappa shape index (κ3) is 12.3. The first kappa shape index (κ1) is 60.3. The fourth-order valence-electron chi connectivity index (χ4n) is 20.0. The van der Waals surface area contributed by atoms with Crippen LogP contribution in [0.5, 0.6) is 23.0 Å². The van der Waals surface area contributed by atoms with Crippen LogP contribution in [0.1, 0.15) is 210 Å². The second kappa shape index (κ2) is 25.1. The lowest BCUT2D eigenvalue weighted by molar-refractivity contribution is -0.0659. The van der Waals surface area contributed by atoms with E-state index in [1.165, 1.54) is 125 Å². The zero-order valence-electron chi connectivity index (χ0n) is 52.0. The maximum absolute atomic E-state index is 12.7. The number of allylic oxidation sites excluding steroid dienone is 2. The number of carbonyl (C=O) groups is 2. The van der Waals surface area contributed by atoms with Gasteiger partial charge in [-0.1, -0.05) is 131 Å². The van der Waals surface area contributed by atoms with Gasteiger partial charge in [0.05, 0.1) is 0 Å². The summed E-state index contributed by atoms with van der Waals surface area (Å²) < 4.78 is 45.9. The van der Waals surface area contributed by atoms with Crippen molar-refractivity contribution in [2.24, 2.45) is 92.7 Å². The van der Waals surface area contributed by atoms with Crippen LogP contribution in [-0.4, -0.2) is 63.2 Å². The molecule has 8 aliphatic carbocycles. The van der Waals surface area contributed by atoms with Gasteiger partial charge in [0.15, 0.2) is 35.2 Å². The maximum Gasteiger partial charge on any atom is 0.509 e. The average molecular weight is 1170 g/mol. The highest BCUT2D eigenvalue weighted by molar-refractivity contribution is 7.08. The molecule has 0 saturated heterocycles.